The SMILES string of the molecule is O=[C]OC(=C=O)c1ccccc1. The molecule has 0 aliphatic heterocycles. The van der Waals surface area contributed by atoms with Gasteiger partial charge < -0.3 is 4.74 Å². The molecule has 59 valence electrons. The Morgan fingerprint density at radius 1 is 1.17 bits per heavy atom. The average molecular weight is 161 g/mol. The topological polar surface area (TPSA) is 43.4 Å². The molecular weight excluding hydrogens is 156 g/mol. The fraction of sp³-hybridized carbons (Fsp3) is 0. The Morgan fingerprint density at radius 2 is 1.83 bits per heavy atom. The van der Waals surface area contributed by atoms with Crippen LogP contribution in [0.5, 0.6) is 0 Å². The van der Waals surface area contributed by atoms with Gasteiger partial charge in [0, 0.05) is 5.56 Å². The quantitative estimate of drug-likeness (QED) is 0.489. The molecule has 0 aromatic heterocycles. The summed E-state index contributed by atoms with van der Waals surface area (Å²) in [6.07, 6.45) is 0. The third-order valence-corrected chi connectivity index (χ3v) is 1.27. The first kappa shape index (κ1) is 8.24. The van der Waals surface area contributed by atoms with Crippen LogP contribution >= 0.6 is 0 Å². The Bertz CT molecular complexity index is 310. The summed E-state index contributed by atoms with van der Waals surface area (Å²) in [5, 5.41) is 0. The van der Waals surface area contributed by atoms with E-state index in [-0.39, 0.29) is 5.76 Å². The third-order valence-electron chi connectivity index (χ3n) is 1.27. The Kier molecular flexibility index (Phi) is 2.82. The monoisotopic (exact) mass is 161 g/mol. The largest absolute Gasteiger partial charge is 0.424 e. The van der Waals surface area contributed by atoms with Crippen LogP contribution < -0.4 is 0 Å². The van der Waals surface area contributed by atoms with E-state index in [2.05, 4.69) is 4.74 Å². The molecule has 0 aliphatic rings. The van der Waals surface area contributed by atoms with E-state index >= 15 is 0 Å². The van der Waals surface area contributed by atoms with Crippen molar-refractivity contribution < 1.29 is 14.3 Å². The van der Waals surface area contributed by atoms with E-state index in [1.807, 2.05) is 0 Å². The number of hydrogen-bond acceptors (Lipinski definition) is 3. The van der Waals surface area contributed by atoms with Crippen molar-refractivity contribution in [2.45, 2.75) is 0 Å². The minimum atomic E-state index is -0.148. The summed E-state index contributed by atoms with van der Waals surface area (Å²) in [7, 11) is 0. The van der Waals surface area contributed by atoms with Crippen molar-refractivity contribution in [2.75, 3.05) is 0 Å². The summed E-state index contributed by atoms with van der Waals surface area (Å²) < 4.78 is 4.26. The number of carbonyl (C=O) groups excluding carboxylic acids is 2. The molecule has 0 unspecified atom stereocenters. The highest BCUT2D eigenvalue weighted by Gasteiger charge is 2.01. The molecule has 3 nitrogen and oxygen atoms in total. The van der Waals surface area contributed by atoms with Crippen LogP contribution in [0.3, 0.4) is 0 Å². The Balaban J connectivity index is 2.96. The van der Waals surface area contributed by atoms with E-state index in [0.29, 0.717) is 5.56 Å². The summed E-state index contributed by atoms with van der Waals surface area (Å²) in [5.74, 6) is 1.35. The summed E-state index contributed by atoms with van der Waals surface area (Å²) in [4.78, 5) is 20.0. The maximum Gasteiger partial charge on any atom is 0.424 e. The van der Waals surface area contributed by atoms with Crippen LogP contribution in [0.1, 0.15) is 5.56 Å². The fourth-order valence-electron chi connectivity index (χ4n) is 0.770. The first-order chi connectivity index (χ1) is 5.88. The fourth-order valence-corrected chi connectivity index (χ4v) is 0.770. The number of benzene rings is 1. The maximum atomic E-state index is 10.2. The second kappa shape index (κ2) is 4.11. The zero-order valence-corrected chi connectivity index (χ0v) is 6.11. The van der Waals surface area contributed by atoms with Gasteiger partial charge in [0.1, 0.15) is 0 Å². The van der Waals surface area contributed by atoms with Crippen molar-refractivity contribution >= 4 is 18.2 Å². The molecular formula is C9H5O3. The van der Waals surface area contributed by atoms with E-state index in [1.54, 1.807) is 30.3 Å². The first-order valence-electron chi connectivity index (χ1n) is 3.23. The molecule has 0 heterocycles. The molecule has 1 aromatic rings. The van der Waals surface area contributed by atoms with Crippen LogP contribution in [0.25, 0.3) is 5.76 Å². The van der Waals surface area contributed by atoms with Gasteiger partial charge in [-0.3, -0.25) is 0 Å². The summed E-state index contributed by atoms with van der Waals surface area (Å²) in [5.41, 5.74) is 0.510. The Morgan fingerprint density at radius 3 is 2.33 bits per heavy atom. The summed E-state index contributed by atoms with van der Waals surface area (Å²) in [6.45, 7) is 1.17. The van der Waals surface area contributed by atoms with Crippen molar-refractivity contribution in [3.8, 4) is 0 Å². The molecule has 0 saturated heterocycles. The van der Waals surface area contributed by atoms with Crippen molar-refractivity contribution in [1.82, 2.24) is 0 Å². The molecule has 0 amide bonds. The van der Waals surface area contributed by atoms with Crippen LogP contribution in [0.15, 0.2) is 30.3 Å². The van der Waals surface area contributed by atoms with Crippen LogP contribution in [0.2, 0.25) is 0 Å². The Labute approximate surface area is 69.3 Å². The molecule has 1 rings (SSSR count). The van der Waals surface area contributed by atoms with Gasteiger partial charge in [0.2, 0.25) is 5.76 Å². The molecule has 0 atom stereocenters. The van der Waals surface area contributed by atoms with Gasteiger partial charge in [0.25, 0.3) is 0 Å². The average Bonchev–Trinajstić information content (AvgIpc) is 2.15. The van der Waals surface area contributed by atoms with Crippen LogP contribution in [-0.4, -0.2) is 12.4 Å². The lowest BCUT2D eigenvalue weighted by molar-refractivity contribution is 0.418. The molecule has 0 bridgehead atoms. The molecule has 1 radical (unpaired) electrons. The van der Waals surface area contributed by atoms with Gasteiger partial charge in [-0.1, -0.05) is 30.3 Å². The van der Waals surface area contributed by atoms with Crippen LogP contribution in [0.4, 0.5) is 0 Å². The first-order valence-corrected chi connectivity index (χ1v) is 3.23. The van der Waals surface area contributed by atoms with Gasteiger partial charge in [-0.05, 0) is 0 Å². The van der Waals surface area contributed by atoms with Gasteiger partial charge in [0.05, 0.1) is 0 Å². The molecule has 0 spiro atoms. The second-order valence-corrected chi connectivity index (χ2v) is 1.98. The van der Waals surface area contributed by atoms with E-state index in [4.69, 9.17) is 0 Å². The minimum absolute atomic E-state index is 0.148. The smallest absolute Gasteiger partial charge is 0.405 e. The van der Waals surface area contributed by atoms with E-state index in [0.717, 1.165) is 0 Å². The molecule has 12 heavy (non-hydrogen) atoms. The lowest BCUT2D eigenvalue weighted by Gasteiger charge is -1.96. The van der Waals surface area contributed by atoms with Crippen molar-refractivity contribution in [3.05, 3.63) is 35.9 Å². The minimum Gasteiger partial charge on any atom is -0.405 e. The van der Waals surface area contributed by atoms with Gasteiger partial charge in [-0.25, -0.2) is 9.59 Å². The van der Waals surface area contributed by atoms with Gasteiger partial charge >= 0.3 is 6.47 Å². The van der Waals surface area contributed by atoms with Crippen molar-refractivity contribution in [3.63, 3.8) is 0 Å². The standard InChI is InChI=1S/C9H5O3/c10-6-9(12-7-11)8-4-2-1-3-5-8/h1-5H. The van der Waals surface area contributed by atoms with Gasteiger partial charge in [-0.15, -0.1) is 0 Å². The highest BCUT2D eigenvalue weighted by atomic mass is 16.5. The maximum absolute atomic E-state index is 10.2. The number of ether oxygens (including phenoxy) is 1. The molecule has 1 aromatic carbocycles. The lowest BCUT2D eigenvalue weighted by Crippen LogP contribution is -1.89. The molecule has 0 aliphatic carbocycles. The predicted molar refractivity (Wildman–Crippen MR) is 42.3 cm³/mol. The van der Waals surface area contributed by atoms with Crippen molar-refractivity contribution in [2.24, 2.45) is 0 Å². The van der Waals surface area contributed by atoms with Crippen LogP contribution in [-0.2, 0) is 14.3 Å². The highest BCUT2D eigenvalue weighted by Crippen LogP contribution is 2.10. The third kappa shape index (κ3) is 1.81. The van der Waals surface area contributed by atoms with Crippen LogP contribution in [0, 0.1) is 0 Å². The normalized spacial score (nSPS) is 8.33. The number of rotatable bonds is 3. The zero-order chi connectivity index (χ0) is 8.81. The number of hydrogen-bond donors (Lipinski definition) is 0. The van der Waals surface area contributed by atoms with Gasteiger partial charge in [0.15, 0.2) is 5.94 Å². The molecule has 0 fully saturated rings. The molecule has 3 heteroatoms. The molecule has 0 saturated carbocycles. The highest BCUT2D eigenvalue weighted by molar-refractivity contribution is 5.85. The van der Waals surface area contributed by atoms with E-state index in [1.165, 1.54) is 12.4 Å². The van der Waals surface area contributed by atoms with E-state index < -0.39 is 0 Å². The summed E-state index contributed by atoms with van der Waals surface area (Å²) in [6, 6.07) is 8.51. The Hall–Kier alpha value is -1.86. The predicted octanol–water partition coefficient (Wildman–Crippen LogP) is 0.943. The lowest BCUT2D eigenvalue weighted by atomic mass is 10.2. The molecule has 0 N–H and O–H groups in total. The second-order valence-electron chi connectivity index (χ2n) is 1.98. The zero-order valence-electron chi connectivity index (χ0n) is 6.11. The van der Waals surface area contributed by atoms with Gasteiger partial charge in [-0.2, -0.15) is 0 Å². The van der Waals surface area contributed by atoms with E-state index in [9.17, 15) is 9.59 Å². The van der Waals surface area contributed by atoms with Crippen molar-refractivity contribution in [1.29, 1.82) is 0 Å². The summed E-state index contributed by atoms with van der Waals surface area (Å²) >= 11 is 0.